The van der Waals surface area contributed by atoms with Crippen molar-refractivity contribution in [1.82, 2.24) is 0 Å². The summed E-state index contributed by atoms with van der Waals surface area (Å²) in [5.74, 6) is 0.414. The number of aliphatic hydroxyl groups is 2. The van der Waals surface area contributed by atoms with Crippen molar-refractivity contribution in [2.24, 2.45) is 0 Å². The van der Waals surface area contributed by atoms with E-state index in [1.54, 1.807) is 0 Å². The fourth-order valence-corrected chi connectivity index (χ4v) is 1.59. The van der Waals surface area contributed by atoms with Crippen LogP contribution < -0.4 is 0 Å². The third-order valence-corrected chi connectivity index (χ3v) is 2.75. The Kier molecular flexibility index (Phi) is 17.7. The molecule has 0 heterocycles. The first-order valence-electron chi connectivity index (χ1n) is 7.50. The maximum Gasteiger partial charge on any atom is 0.283 e. The highest BCUT2D eigenvalue weighted by Gasteiger charge is 1.95. The highest BCUT2D eigenvalue weighted by molar-refractivity contribution is 5.37. The zero-order valence-corrected chi connectivity index (χ0v) is 14.5. The van der Waals surface area contributed by atoms with Gasteiger partial charge in [-0.15, -0.1) is 0 Å². The maximum absolute atomic E-state index is 9.21. The number of hydrogen-bond donors (Lipinski definition) is 3. The van der Waals surface area contributed by atoms with Crippen molar-refractivity contribution in [2.45, 2.75) is 26.7 Å². The Morgan fingerprint density at radius 2 is 1.04 bits per heavy atom. The molecule has 0 saturated carbocycles. The van der Waals surface area contributed by atoms with E-state index in [1.165, 1.54) is 0 Å². The number of allylic oxidation sites excluding steroid dienone is 8. The number of phenols is 1. The van der Waals surface area contributed by atoms with Gasteiger partial charge >= 0.3 is 0 Å². The fourth-order valence-electron chi connectivity index (χ4n) is 1.59. The van der Waals surface area contributed by atoms with Crippen LogP contribution in [0.1, 0.15) is 24.0 Å². The lowest BCUT2D eigenvalue weighted by molar-refractivity contribution is 0.467. The van der Waals surface area contributed by atoms with Crippen molar-refractivity contribution in [2.75, 3.05) is 0 Å². The number of hydrogen-bond acceptors (Lipinski definition) is 5. The summed E-state index contributed by atoms with van der Waals surface area (Å²) in [7, 11) is 0. The van der Waals surface area contributed by atoms with Crippen molar-refractivity contribution < 1.29 is 15.3 Å². The topological polar surface area (TPSA) is 108 Å². The summed E-state index contributed by atoms with van der Waals surface area (Å²) in [5, 5.41) is 36.7. The Balaban J connectivity index is 0. The minimum absolute atomic E-state index is 0.414. The average Bonchev–Trinajstić information content (AvgIpc) is 3.31. The van der Waals surface area contributed by atoms with E-state index in [0.29, 0.717) is 5.75 Å². The van der Waals surface area contributed by atoms with E-state index in [2.05, 4.69) is 48.6 Å². The van der Waals surface area contributed by atoms with Crippen LogP contribution in [0.2, 0.25) is 0 Å². The Bertz CT molecular complexity index is 586. The number of aromatic hydroxyl groups is 1. The molecular weight excluding hydrogens is 316 g/mol. The number of benzene rings is 1. The molecule has 0 spiro atoms. The molecule has 25 heavy (non-hydrogen) atoms. The van der Waals surface area contributed by atoms with Crippen LogP contribution >= 0.6 is 0 Å². The SMILES string of the molecule is C1=CCC=C1.C1=CCC=C1.Cc1cccc(C)c1O.N#CO.N#CO. The van der Waals surface area contributed by atoms with Crippen LogP contribution in [-0.2, 0) is 0 Å². The molecule has 1 aromatic rings. The summed E-state index contributed by atoms with van der Waals surface area (Å²) in [6.07, 6.45) is 20.5. The van der Waals surface area contributed by atoms with Crippen molar-refractivity contribution in [3.8, 4) is 18.3 Å². The number of para-hydroxylation sites is 1. The Labute approximate surface area is 149 Å². The van der Waals surface area contributed by atoms with E-state index in [-0.39, 0.29) is 0 Å². The van der Waals surface area contributed by atoms with Gasteiger partial charge < -0.3 is 15.3 Å². The number of nitriles is 2. The number of nitrogens with zero attached hydrogens (tertiary/aromatic N) is 2. The summed E-state index contributed by atoms with van der Waals surface area (Å²) < 4.78 is 0. The summed E-state index contributed by atoms with van der Waals surface area (Å²) in [6.45, 7) is 3.78. The molecule has 0 aliphatic heterocycles. The molecule has 0 amide bonds. The number of rotatable bonds is 0. The van der Waals surface area contributed by atoms with Gasteiger partial charge in [-0.2, -0.15) is 10.5 Å². The molecule has 5 nitrogen and oxygen atoms in total. The van der Waals surface area contributed by atoms with Crippen molar-refractivity contribution in [3.05, 3.63) is 77.9 Å². The van der Waals surface area contributed by atoms with Crippen molar-refractivity contribution in [1.29, 1.82) is 10.5 Å². The third-order valence-electron chi connectivity index (χ3n) is 2.75. The molecule has 0 fully saturated rings. The molecule has 3 N–H and O–H groups in total. The highest BCUT2D eigenvalue weighted by atomic mass is 16.3. The summed E-state index contributed by atoms with van der Waals surface area (Å²) in [6, 6.07) is 5.72. The van der Waals surface area contributed by atoms with Gasteiger partial charge in [-0.05, 0) is 37.8 Å². The normalized spacial score (nSPS) is 11.0. The fraction of sp³-hybridized carbons (Fsp3) is 0.200. The number of phenolic OH excluding ortho intramolecular Hbond substituents is 1. The van der Waals surface area contributed by atoms with E-state index >= 15 is 0 Å². The molecule has 1 aromatic carbocycles. The minimum atomic E-state index is 0.414. The smallest absolute Gasteiger partial charge is 0.283 e. The zero-order chi connectivity index (χ0) is 19.3. The Morgan fingerprint density at radius 3 is 1.20 bits per heavy atom. The van der Waals surface area contributed by atoms with E-state index < -0.39 is 0 Å². The molecule has 0 aromatic heterocycles. The van der Waals surface area contributed by atoms with Crippen LogP contribution in [0.5, 0.6) is 5.75 Å². The van der Waals surface area contributed by atoms with E-state index in [4.69, 9.17) is 20.7 Å². The standard InChI is InChI=1S/C8H10O.2C5H6.2CHNO/c1-6-4-3-5-7(2)8(6)9;2*1-2-4-5-3-1;2*2-1-3/h3-5,9H,1-2H3;2*1-4H,5H2;2*3H. The summed E-state index contributed by atoms with van der Waals surface area (Å²) >= 11 is 0. The van der Waals surface area contributed by atoms with Gasteiger partial charge in [0.25, 0.3) is 12.5 Å². The lowest BCUT2D eigenvalue weighted by Gasteiger charge is -1.99. The molecule has 0 unspecified atom stereocenters. The van der Waals surface area contributed by atoms with Gasteiger partial charge in [-0.1, -0.05) is 66.8 Å². The van der Waals surface area contributed by atoms with E-state index in [0.717, 1.165) is 36.5 Å². The Hall–Kier alpha value is -3.44. The van der Waals surface area contributed by atoms with Crippen molar-refractivity contribution in [3.63, 3.8) is 0 Å². The van der Waals surface area contributed by atoms with Gasteiger partial charge in [-0.3, -0.25) is 0 Å². The molecular formula is C20H24N2O3. The average molecular weight is 340 g/mol. The zero-order valence-electron chi connectivity index (χ0n) is 14.5. The first-order chi connectivity index (χ1) is 12.0. The summed E-state index contributed by atoms with van der Waals surface area (Å²) in [5.41, 5.74) is 1.88. The molecule has 0 atom stereocenters. The van der Waals surface area contributed by atoms with Gasteiger partial charge in [0.2, 0.25) is 0 Å². The Morgan fingerprint density at radius 1 is 0.760 bits per heavy atom. The molecule has 2 aliphatic rings. The van der Waals surface area contributed by atoms with Crippen molar-refractivity contribution >= 4 is 0 Å². The van der Waals surface area contributed by atoms with Gasteiger partial charge in [0.05, 0.1) is 0 Å². The molecule has 0 bridgehead atoms. The van der Waals surface area contributed by atoms with E-state index in [1.807, 2.05) is 32.0 Å². The molecule has 2 aliphatic carbocycles. The van der Waals surface area contributed by atoms with Crippen LogP contribution in [0.15, 0.2) is 66.8 Å². The second kappa shape index (κ2) is 18.6. The number of aryl methyl sites for hydroxylation is 2. The molecule has 132 valence electrons. The third kappa shape index (κ3) is 16.8. The first-order valence-corrected chi connectivity index (χ1v) is 7.50. The minimum Gasteiger partial charge on any atom is -0.507 e. The lowest BCUT2D eigenvalue weighted by Crippen LogP contribution is -1.76. The molecule has 3 rings (SSSR count). The van der Waals surface area contributed by atoms with E-state index in [9.17, 15) is 5.11 Å². The lowest BCUT2D eigenvalue weighted by atomic mass is 10.1. The van der Waals surface area contributed by atoms with Crippen LogP contribution in [0.4, 0.5) is 0 Å². The van der Waals surface area contributed by atoms with Crippen LogP contribution in [-0.4, -0.2) is 15.3 Å². The van der Waals surface area contributed by atoms with Gasteiger partial charge in [0, 0.05) is 0 Å². The molecule has 0 radical (unpaired) electrons. The van der Waals surface area contributed by atoms with Crippen LogP contribution in [0.25, 0.3) is 0 Å². The maximum atomic E-state index is 9.21. The second-order valence-electron chi connectivity index (χ2n) is 4.62. The number of aliphatic hydroxyl groups excluding tert-OH is 2. The second-order valence-corrected chi connectivity index (χ2v) is 4.62. The quantitative estimate of drug-likeness (QED) is 0.593. The van der Waals surface area contributed by atoms with Crippen LogP contribution in [0.3, 0.4) is 0 Å². The highest BCUT2D eigenvalue weighted by Crippen LogP contribution is 2.19. The summed E-state index contributed by atoms with van der Waals surface area (Å²) in [4.78, 5) is 0. The first kappa shape index (κ1) is 23.8. The largest absolute Gasteiger partial charge is 0.507 e. The van der Waals surface area contributed by atoms with Crippen LogP contribution in [0, 0.1) is 36.9 Å². The molecule has 0 saturated heterocycles. The predicted molar refractivity (Wildman–Crippen MR) is 98.5 cm³/mol. The predicted octanol–water partition coefficient (Wildman–Crippen LogP) is 4.69. The van der Waals surface area contributed by atoms with Gasteiger partial charge in [0.1, 0.15) is 5.75 Å². The molecule has 5 heteroatoms. The van der Waals surface area contributed by atoms with Gasteiger partial charge in [0.15, 0.2) is 0 Å². The monoisotopic (exact) mass is 340 g/mol. The van der Waals surface area contributed by atoms with Gasteiger partial charge in [-0.25, -0.2) is 0 Å².